The van der Waals surface area contributed by atoms with Gasteiger partial charge in [-0.1, -0.05) is 12.1 Å². The first kappa shape index (κ1) is 21.3. The highest BCUT2D eigenvalue weighted by atomic mass is 19.4. The van der Waals surface area contributed by atoms with Gasteiger partial charge in [0.25, 0.3) is 0 Å². The van der Waals surface area contributed by atoms with Gasteiger partial charge in [-0.15, -0.1) is 0 Å². The predicted octanol–water partition coefficient (Wildman–Crippen LogP) is 3.83. The molecule has 1 saturated heterocycles. The van der Waals surface area contributed by atoms with Crippen LogP contribution in [0.15, 0.2) is 42.5 Å². The van der Waals surface area contributed by atoms with E-state index < -0.39 is 23.2 Å². The number of halogens is 3. The van der Waals surface area contributed by atoms with Crippen molar-refractivity contribution in [3.63, 3.8) is 0 Å². The van der Waals surface area contributed by atoms with Crippen molar-refractivity contribution >= 4 is 28.9 Å². The molecule has 3 heterocycles. The third-order valence-electron chi connectivity index (χ3n) is 6.02. The number of carbonyl (C=O) groups is 2. The minimum atomic E-state index is -4.49. The summed E-state index contributed by atoms with van der Waals surface area (Å²) in [5.41, 5.74) is 1.53. The molecule has 3 aliphatic heterocycles. The van der Waals surface area contributed by atoms with Gasteiger partial charge < -0.3 is 20.7 Å². The van der Waals surface area contributed by atoms with E-state index in [2.05, 4.69) is 16.0 Å². The van der Waals surface area contributed by atoms with Crippen molar-refractivity contribution in [3.05, 3.63) is 59.2 Å². The topological polar surface area (TPSA) is 82.7 Å². The molecule has 33 heavy (non-hydrogen) atoms. The monoisotopic (exact) mass is 458 g/mol. The van der Waals surface area contributed by atoms with Crippen molar-refractivity contribution in [2.24, 2.45) is 0 Å². The average Bonchev–Trinajstić information content (AvgIpc) is 2.71. The third kappa shape index (κ3) is 4.02. The fourth-order valence-corrected chi connectivity index (χ4v) is 4.68. The first-order chi connectivity index (χ1) is 15.6. The maximum atomic E-state index is 13.2. The van der Waals surface area contributed by atoms with Gasteiger partial charge >= 0.3 is 12.2 Å². The Hall–Kier alpha value is -3.53. The van der Waals surface area contributed by atoms with Crippen molar-refractivity contribution in [1.82, 2.24) is 10.2 Å². The number of rotatable bonds is 2. The Morgan fingerprint density at radius 2 is 2.03 bits per heavy atom. The second-order valence-corrected chi connectivity index (χ2v) is 8.64. The molecule has 2 aromatic carbocycles. The lowest BCUT2D eigenvalue weighted by molar-refractivity contribution is -0.138. The van der Waals surface area contributed by atoms with Gasteiger partial charge in [-0.25, -0.2) is 4.79 Å². The maximum absolute atomic E-state index is 13.2. The molecule has 0 radical (unpaired) electrons. The zero-order valence-corrected chi connectivity index (χ0v) is 17.7. The number of anilines is 2. The number of carbonyl (C=O) groups excluding carboxylic acids is 2. The van der Waals surface area contributed by atoms with Gasteiger partial charge in [-0.05, 0) is 36.9 Å². The van der Waals surface area contributed by atoms with Crippen LogP contribution in [-0.2, 0) is 17.5 Å². The van der Waals surface area contributed by atoms with Crippen LogP contribution in [0.4, 0.5) is 29.3 Å². The Bertz CT molecular complexity index is 1190. The highest BCUT2D eigenvalue weighted by molar-refractivity contribution is 6.06. The molecule has 3 aliphatic rings. The van der Waals surface area contributed by atoms with E-state index in [4.69, 9.17) is 4.74 Å². The highest BCUT2D eigenvalue weighted by Crippen LogP contribution is 2.46. The van der Waals surface area contributed by atoms with E-state index in [0.717, 1.165) is 17.7 Å². The van der Waals surface area contributed by atoms with Crippen LogP contribution >= 0.6 is 0 Å². The molecule has 5 rings (SSSR count). The second kappa shape index (κ2) is 7.51. The summed E-state index contributed by atoms with van der Waals surface area (Å²) in [4.78, 5) is 26.5. The Kier molecular flexibility index (Phi) is 4.86. The largest absolute Gasteiger partial charge is 0.484 e. The van der Waals surface area contributed by atoms with Crippen molar-refractivity contribution in [2.75, 3.05) is 30.8 Å². The summed E-state index contributed by atoms with van der Waals surface area (Å²) in [7, 11) is 1.90. The van der Waals surface area contributed by atoms with Gasteiger partial charge in [0.15, 0.2) is 0 Å². The highest BCUT2D eigenvalue weighted by Gasteiger charge is 2.47. The lowest BCUT2D eigenvalue weighted by Gasteiger charge is -2.51. The number of likely N-dealkylation sites (N-methyl/N-ethyl adjacent to an activating group) is 1. The number of urea groups is 1. The number of hydrogen-bond donors (Lipinski definition) is 3. The molecule has 1 fully saturated rings. The second-order valence-electron chi connectivity index (χ2n) is 8.64. The van der Waals surface area contributed by atoms with Crippen LogP contribution in [0.5, 0.6) is 5.75 Å². The Morgan fingerprint density at radius 1 is 1.24 bits per heavy atom. The summed E-state index contributed by atoms with van der Waals surface area (Å²) in [6.45, 7) is 1.37. The van der Waals surface area contributed by atoms with E-state index in [0.29, 0.717) is 42.0 Å². The molecule has 0 atom stereocenters. The normalized spacial score (nSPS) is 20.1. The smallest absolute Gasteiger partial charge is 0.416 e. The molecular formula is C23H21F3N4O3. The number of nitrogens with zero attached hydrogens (tertiary/aromatic N) is 1. The number of hydrogen-bond acceptors (Lipinski definition) is 4. The zero-order valence-electron chi connectivity index (χ0n) is 17.7. The SMILES string of the molecule is CN1CC2(C/C(=C\C(=O)Nc3cccc4c3CNC(=O)N4)c3ccc(C(F)(F)F)cc3O2)C1. The quantitative estimate of drug-likeness (QED) is 0.598. The minimum absolute atomic E-state index is 0.132. The molecule has 3 amide bonds. The summed E-state index contributed by atoms with van der Waals surface area (Å²) >= 11 is 0. The molecule has 0 aliphatic carbocycles. The van der Waals surface area contributed by atoms with E-state index in [-0.39, 0.29) is 18.3 Å². The van der Waals surface area contributed by atoms with Gasteiger partial charge in [-0.3, -0.25) is 9.69 Å². The lowest BCUT2D eigenvalue weighted by Crippen LogP contribution is -2.64. The molecule has 172 valence electrons. The van der Waals surface area contributed by atoms with E-state index in [1.807, 2.05) is 11.9 Å². The van der Waals surface area contributed by atoms with Crippen molar-refractivity contribution < 1.29 is 27.5 Å². The molecule has 10 heteroatoms. The van der Waals surface area contributed by atoms with Gasteiger partial charge in [0.2, 0.25) is 5.91 Å². The first-order valence-corrected chi connectivity index (χ1v) is 10.4. The number of alkyl halides is 3. The van der Waals surface area contributed by atoms with Gasteiger partial charge in [0.1, 0.15) is 11.4 Å². The molecule has 7 nitrogen and oxygen atoms in total. The summed E-state index contributed by atoms with van der Waals surface area (Å²) in [5.74, 6) is -0.280. The summed E-state index contributed by atoms with van der Waals surface area (Å²) in [6.07, 6.45) is -2.66. The molecule has 3 N–H and O–H groups in total. The molecule has 0 bridgehead atoms. The number of ether oxygens (including phenoxy) is 1. The van der Waals surface area contributed by atoms with Gasteiger partial charge in [0.05, 0.1) is 5.56 Å². The summed E-state index contributed by atoms with van der Waals surface area (Å²) < 4.78 is 45.8. The lowest BCUT2D eigenvalue weighted by atomic mass is 9.81. The summed E-state index contributed by atoms with van der Waals surface area (Å²) in [5, 5.41) is 8.18. The maximum Gasteiger partial charge on any atom is 0.416 e. The summed E-state index contributed by atoms with van der Waals surface area (Å²) in [6, 6.07) is 8.23. The molecule has 0 unspecified atom stereocenters. The fourth-order valence-electron chi connectivity index (χ4n) is 4.68. The van der Waals surface area contributed by atoms with E-state index in [9.17, 15) is 22.8 Å². The minimum Gasteiger partial charge on any atom is -0.484 e. The number of nitrogens with one attached hydrogen (secondary N) is 3. The number of fused-ring (bicyclic) bond motifs is 2. The fraction of sp³-hybridized carbons (Fsp3) is 0.304. The van der Waals surface area contributed by atoms with Crippen LogP contribution in [0, 0.1) is 0 Å². The zero-order chi connectivity index (χ0) is 23.4. The van der Waals surface area contributed by atoms with Crippen molar-refractivity contribution in [1.29, 1.82) is 0 Å². The van der Waals surface area contributed by atoms with Crippen molar-refractivity contribution in [2.45, 2.75) is 24.7 Å². The number of benzene rings is 2. The number of likely N-dealkylation sites (tertiary alicyclic amines) is 1. The molecule has 2 aromatic rings. The van der Waals surface area contributed by atoms with Gasteiger partial charge in [0, 0.05) is 54.6 Å². The van der Waals surface area contributed by atoms with Crippen LogP contribution in [0.3, 0.4) is 0 Å². The number of amides is 3. The molecular weight excluding hydrogens is 437 g/mol. The Morgan fingerprint density at radius 3 is 2.76 bits per heavy atom. The van der Waals surface area contributed by atoms with Crippen LogP contribution in [0.25, 0.3) is 5.57 Å². The first-order valence-electron chi connectivity index (χ1n) is 10.4. The van der Waals surface area contributed by atoms with Crippen LogP contribution in [0.1, 0.15) is 23.1 Å². The van der Waals surface area contributed by atoms with E-state index >= 15 is 0 Å². The van der Waals surface area contributed by atoms with Gasteiger partial charge in [-0.2, -0.15) is 13.2 Å². The standard InChI is InChI=1S/C23H21F3N4O3/c1-30-11-22(12-30)9-13(15-6-5-14(23(24,25)26)8-19(15)33-22)7-20(31)28-17-3-2-4-18-16(17)10-27-21(32)29-18/h2-8H,9-12H2,1H3,(H,28,31)(H2,27,29,32)/b13-7+. The van der Waals surface area contributed by atoms with Crippen LogP contribution < -0.4 is 20.7 Å². The van der Waals surface area contributed by atoms with Crippen LogP contribution in [-0.4, -0.2) is 42.6 Å². The molecule has 0 aromatic heterocycles. The average molecular weight is 458 g/mol. The van der Waals surface area contributed by atoms with Crippen molar-refractivity contribution in [3.8, 4) is 5.75 Å². The van der Waals surface area contributed by atoms with E-state index in [1.165, 1.54) is 12.1 Å². The Labute approximate surface area is 187 Å². The van der Waals surface area contributed by atoms with E-state index in [1.54, 1.807) is 18.2 Å². The Balaban J connectivity index is 1.46. The van der Waals surface area contributed by atoms with Crippen LogP contribution in [0.2, 0.25) is 0 Å². The molecule has 0 saturated carbocycles. The third-order valence-corrected chi connectivity index (χ3v) is 6.02. The predicted molar refractivity (Wildman–Crippen MR) is 116 cm³/mol. The molecule has 1 spiro atoms.